The number of hydrogen-bond acceptors (Lipinski definition) is 4. The first-order valence-electron chi connectivity index (χ1n) is 9.19. The third kappa shape index (κ3) is 6.44. The summed E-state index contributed by atoms with van der Waals surface area (Å²) in [6.07, 6.45) is 8.84. The van der Waals surface area contributed by atoms with Gasteiger partial charge in [-0.15, -0.1) is 0 Å². The third-order valence-corrected chi connectivity index (χ3v) is 6.32. The fourth-order valence-corrected chi connectivity index (χ4v) is 4.39. The summed E-state index contributed by atoms with van der Waals surface area (Å²) in [6, 6.07) is 7.34. The van der Waals surface area contributed by atoms with Crippen LogP contribution in [0.3, 0.4) is 0 Å². The first-order valence-corrected chi connectivity index (χ1v) is 10.7. The van der Waals surface area contributed by atoms with E-state index in [0.29, 0.717) is 36.6 Å². The topological polar surface area (TPSA) is 72.5 Å². The average molecular weight is 368 g/mol. The molecule has 0 spiro atoms. The molecular weight excluding hydrogens is 338 g/mol. The minimum Gasteiger partial charge on any atom is -0.469 e. The van der Waals surface area contributed by atoms with Gasteiger partial charge < -0.3 is 4.74 Å². The molecule has 2 rings (SSSR count). The minimum atomic E-state index is -3.46. The highest BCUT2D eigenvalue weighted by molar-refractivity contribution is 7.89. The summed E-state index contributed by atoms with van der Waals surface area (Å²) in [4.78, 5) is 11.3. The van der Waals surface area contributed by atoms with E-state index in [2.05, 4.69) is 9.46 Å². The molecule has 1 aromatic carbocycles. The summed E-state index contributed by atoms with van der Waals surface area (Å²) in [7, 11) is -2.09. The van der Waals surface area contributed by atoms with Crippen LogP contribution in [0.25, 0.3) is 0 Å². The van der Waals surface area contributed by atoms with E-state index < -0.39 is 10.0 Å². The number of carbonyl (C=O) groups excluding carboxylic acids is 1. The fraction of sp³-hybridized carbons (Fsp3) is 0.632. The maximum Gasteiger partial charge on any atom is 0.305 e. The molecule has 140 valence electrons. The molecule has 0 saturated heterocycles. The van der Waals surface area contributed by atoms with E-state index in [1.54, 1.807) is 12.1 Å². The number of methoxy groups -OCH3 is 1. The summed E-state index contributed by atoms with van der Waals surface area (Å²) < 4.78 is 31.8. The second-order valence-electron chi connectivity index (χ2n) is 6.69. The fourth-order valence-electron chi connectivity index (χ4n) is 3.32. The van der Waals surface area contributed by atoms with Gasteiger partial charge in [0.1, 0.15) is 0 Å². The van der Waals surface area contributed by atoms with Crippen LogP contribution >= 0.6 is 0 Å². The van der Waals surface area contributed by atoms with Crippen LogP contribution in [0.2, 0.25) is 0 Å². The van der Waals surface area contributed by atoms with Gasteiger partial charge in [0.05, 0.1) is 12.0 Å². The molecule has 1 aromatic rings. The molecule has 0 unspecified atom stereocenters. The number of esters is 1. The van der Waals surface area contributed by atoms with Crippen LogP contribution in [0.4, 0.5) is 0 Å². The number of rotatable bonds is 9. The Morgan fingerprint density at radius 2 is 1.76 bits per heavy atom. The van der Waals surface area contributed by atoms with Gasteiger partial charge >= 0.3 is 5.97 Å². The molecule has 6 heteroatoms. The summed E-state index contributed by atoms with van der Waals surface area (Å²) in [5.41, 5.74) is 1.25. The molecule has 0 radical (unpaired) electrons. The number of nitrogens with one attached hydrogen (secondary N) is 1. The Bertz CT molecular complexity index is 634. The van der Waals surface area contributed by atoms with E-state index in [0.717, 1.165) is 6.42 Å². The normalized spacial score (nSPS) is 15.9. The van der Waals surface area contributed by atoms with E-state index in [1.807, 2.05) is 12.1 Å². The van der Waals surface area contributed by atoms with E-state index >= 15 is 0 Å². The summed E-state index contributed by atoms with van der Waals surface area (Å²) in [6.45, 7) is 0.383. The predicted molar refractivity (Wildman–Crippen MR) is 97.9 cm³/mol. The molecule has 1 N–H and O–H groups in total. The van der Waals surface area contributed by atoms with Crippen molar-refractivity contribution in [1.82, 2.24) is 4.72 Å². The second kappa shape index (κ2) is 9.92. The zero-order valence-corrected chi connectivity index (χ0v) is 15.8. The smallest absolute Gasteiger partial charge is 0.305 e. The molecule has 0 amide bonds. The maximum absolute atomic E-state index is 12.3. The largest absolute Gasteiger partial charge is 0.469 e. The molecule has 1 aliphatic carbocycles. The first-order chi connectivity index (χ1) is 12.0. The first kappa shape index (κ1) is 19.9. The third-order valence-electron chi connectivity index (χ3n) is 4.84. The molecule has 0 aromatic heterocycles. The van der Waals surface area contributed by atoms with Crippen LogP contribution in [0.15, 0.2) is 29.2 Å². The Morgan fingerprint density at radius 1 is 1.08 bits per heavy atom. The van der Waals surface area contributed by atoms with Crippen molar-refractivity contribution in [1.29, 1.82) is 0 Å². The van der Waals surface area contributed by atoms with E-state index in [4.69, 9.17) is 0 Å². The monoisotopic (exact) mass is 367 g/mol. The highest BCUT2D eigenvalue weighted by Gasteiger charge is 2.17. The molecule has 0 bridgehead atoms. The van der Waals surface area contributed by atoms with Crippen LogP contribution in [0, 0.1) is 0 Å². The van der Waals surface area contributed by atoms with Crippen LogP contribution < -0.4 is 4.72 Å². The van der Waals surface area contributed by atoms with Crippen LogP contribution in [-0.2, 0) is 19.6 Å². The van der Waals surface area contributed by atoms with Crippen LogP contribution in [0.1, 0.15) is 69.3 Å². The Labute approximate surface area is 151 Å². The van der Waals surface area contributed by atoms with Gasteiger partial charge in [-0.2, -0.15) is 0 Å². The van der Waals surface area contributed by atoms with Crippen molar-refractivity contribution in [3.63, 3.8) is 0 Å². The Morgan fingerprint density at radius 3 is 2.40 bits per heavy atom. The average Bonchev–Trinajstić information content (AvgIpc) is 2.65. The lowest BCUT2D eigenvalue weighted by atomic mass is 9.84. The molecule has 1 saturated carbocycles. The molecular formula is C19H29NO4S. The van der Waals surface area contributed by atoms with Gasteiger partial charge in [-0.3, -0.25) is 4.79 Å². The Hall–Kier alpha value is -1.40. The summed E-state index contributed by atoms with van der Waals surface area (Å²) >= 11 is 0. The van der Waals surface area contributed by atoms with Crippen LogP contribution in [0.5, 0.6) is 0 Å². The highest BCUT2D eigenvalue weighted by Crippen LogP contribution is 2.32. The number of ether oxygens (including phenoxy) is 1. The lowest BCUT2D eigenvalue weighted by Crippen LogP contribution is -2.24. The summed E-state index contributed by atoms with van der Waals surface area (Å²) in [5.74, 6) is 0.354. The van der Waals surface area contributed by atoms with Crippen molar-refractivity contribution < 1.29 is 17.9 Å². The van der Waals surface area contributed by atoms with Gasteiger partial charge in [-0.05, 0) is 49.3 Å². The van der Waals surface area contributed by atoms with Gasteiger partial charge in [-0.25, -0.2) is 13.1 Å². The molecule has 1 aliphatic rings. The number of carbonyl (C=O) groups is 1. The van der Waals surface area contributed by atoms with Crippen molar-refractivity contribution in [2.24, 2.45) is 0 Å². The molecule has 5 nitrogen and oxygen atoms in total. The second-order valence-corrected chi connectivity index (χ2v) is 8.46. The number of sulfonamides is 1. The van der Waals surface area contributed by atoms with Crippen molar-refractivity contribution in [2.45, 2.75) is 68.6 Å². The minimum absolute atomic E-state index is 0.223. The molecule has 0 aliphatic heterocycles. The van der Waals surface area contributed by atoms with Crippen LogP contribution in [-0.4, -0.2) is 28.0 Å². The molecule has 0 atom stereocenters. The maximum atomic E-state index is 12.3. The van der Waals surface area contributed by atoms with Gasteiger partial charge in [0.15, 0.2) is 0 Å². The van der Waals surface area contributed by atoms with Gasteiger partial charge in [0.2, 0.25) is 10.0 Å². The Balaban J connectivity index is 1.78. The molecule has 0 heterocycles. The lowest BCUT2D eigenvalue weighted by Gasteiger charge is -2.22. The van der Waals surface area contributed by atoms with Gasteiger partial charge in [0, 0.05) is 13.0 Å². The van der Waals surface area contributed by atoms with Crippen molar-refractivity contribution in [3.05, 3.63) is 29.8 Å². The van der Waals surface area contributed by atoms with Crippen molar-refractivity contribution in [3.8, 4) is 0 Å². The summed E-state index contributed by atoms with van der Waals surface area (Å²) in [5, 5.41) is 0. The number of unbranched alkanes of at least 4 members (excludes halogenated alkanes) is 2. The number of hydrogen-bond donors (Lipinski definition) is 1. The predicted octanol–water partition coefficient (Wildman–Crippen LogP) is 3.75. The van der Waals surface area contributed by atoms with Crippen molar-refractivity contribution in [2.75, 3.05) is 13.7 Å². The quantitative estimate of drug-likeness (QED) is 0.533. The highest BCUT2D eigenvalue weighted by atomic mass is 32.2. The molecule has 1 fully saturated rings. The van der Waals surface area contributed by atoms with E-state index in [9.17, 15) is 13.2 Å². The van der Waals surface area contributed by atoms with E-state index in [1.165, 1.54) is 44.8 Å². The van der Waals surface area contributed by atoms with E-state index in [-0.39, 0.29) is 5.97 Å². The van der Waals surface area contributed by atoms with Gasteiger partial charge in [0.25, 0.3) is 0 Å². The standard InChI is InChI=1S/C19H29NO4S/c1-24-19(21)10-6-3-7-15-20-25(22,23)18-13-11-17(12-14-18)16-8-4-2-5-9-16/h11-14,16,20H,2-10,15H2,1H3. The van der Waals surface area contributed by atoms with Gasteiger partial charge in [-0.1, -0.05) is 37.8 Å². The van der Waals surface area contributed by atoms with Crippen molar-refractivity contribution >= 4 is 16.0 Å². The molecule has 25 heavy (non-hydrogen) atoms. The Kier molecular flexibility index (Phi) is 7.90. The number of benzene rings is 1. The SMILES string of the molecule is COC(=O)CCCCCNS(=O)(=O)c1ccc(C2CCCCC2)cc1. The zero-order chi connectivity index (χ0) is 18.1. The lowest BCUT2D eigenvalue weighted by molar-refractivity contribution is -0.140. The zero-order valence-electron chi connectivity index (χ0n) is 15.0.